The second-order valence-electron chi connectivity index (χ2n) is 6.62. The van der Waals surface area contributed by atoms with E-state index in [0.29, 0.717) is 13.0 Å². The highest BCUT2D eigenvalue weighted by Gasteiger charge is 2.13. The number of carbonyl (C=O) groups excluding carboxylic acids is 2. The van der Waals surface area contributed by atoms with E-state index in [1.807, 2.05) is 61.0 Å². The number of likely N-dealkylation sites (N-methyl/N-ethyl adjacent to an activating group) is 1. The van der Waals surface area contributed by atoms with Crippen molar-refractivity contribution in [3.8, 4) is 0 Å². The van der Waals surface area contributed by atoms with Crippen LogP contribution >= 0.6 is 11.8 Å². The molecule has 1 N–H and O–H groups in total. The number of thioether (sulfide) groups is 1. The maximum absolute atomic E-state index is 12.2. The van der Waals surface area contributed by atoms with Gasteiger partial charge in [0.2, 0.25) is 0 Å². The number of rotatable bonds is 8. The third-order valence-corrected chi connectivity index (χ3v) is 5.38. The second kappa shape index (κ2) is 9.46. The van der Waals surface area contributed by atoms with Crippen molar-refractivity contribution < 1.29 is 14.3 Å². The van der Waals surface area contributed by atoms with E-state index in [4.69, 9.17) is 4.74 Å². The Bertz CT molecular complexity index is 950. The first-order valence-electron chi connectivity index (χ1n) is 9.14. The molecule has 1 amide bonds. The van der Waals surface area contributed by atoms with Crippen molar-refractivity contribution in [2.75, 3.05) is 19.9 Å². The smallest absolute Gasteiger partial charge is 0.306 e. The van der Waals surface area contributed by atoms with Gasteiger partial charge < -0.3 is 14.6 Å². The first-order chi connectivity index (χ1) is 13.6. The van der Waals surface area contributed by atoms with Gasteiger partial charge in [0.05, 0.1) is 0 Å². The normalized spacial score (nSPS) is 10.8. The number of hydrogen-bond donors (Lipinski definition) is 1. The van der Waals surface area contributed by atoms with E-state index >= 15 is 0 Å². The van der Waals surface area contributed by atoms with Crippen LogP contribution in [0.25, 0.3) is 10.9 Å². The summed E-state index contributed by atoms with van der Waals surface area (Å²) in [7, 11) is 1.71. The van der Waals surface area contributed by atoms with E-state index in [-0.39, 0.29) is 24.9 Å². The average molecular weight is 397 g/mol. The molecule has 0 fully saturated rings. The van der Waals surface area contributed by atoms with Gasteiger partial charge in [-0.25, -0.2) is 0 Å². The Hall–Kier alpha value is -2.73. The van der Waals surface area contributed by atoms with E-state index in [0.717, 1.165) is 22.0 Å². The summed E-state index contributed by atoms with van der Waals surface area (Å²) in [5, 5.41) is 1.11. The first-order valence-corrected chi connectivity index (χ1v) is 10.4. The second-order valence-corrected chi connectivity index (χ2v) is 7.50. The highest BCUT2D eigenvalue weighted by atomic mass is 32.2. The van der Waals surface area contributed by atoms with Gasteiger partial charge in [-0.1, -0.05) is 30.3 Å². The highest BCUT2D eigenvalue weighted by Crippen LogP contribution is 2.19. The molecule has 28 heavy (non-hydrogen) atoms. The standard InChI is InChI=1S/C22H24N2O3S/c1-24(14-16-7-10-18(28-2)11-8-16)21(25)15-27-22(26)12-9-17-13-23-20-6-4-3-5-19(17)20/h3-8,10-11,13,23H,9,12,14-15H2,1-2H3. The lowest BCUT2D eigenvalue weighted by molar-refractivity contribution is -0.151. The molecule has 5 nitrogen and oxygen atoms in total. The van der Waals surface area contributed by atoms with Crippen LogP contribution in [-0.4, -0.2) is 41.7 Å². The van der Waals surface area contributed by atoms with Crippen LogP contribution in [0, 0.1) is 0 Å². The summed E-state index contributed by atoms with van der Waals surface area (Å²) in [6.45, 7) is 0.256. The summed E-state index contributed by atoms with van der Waals surface area (Å²) in [5.74, 6) is -0.578. The van der Waals surface area contributed by atoms with E-state index in [2.05, 4.69) is 4.98 Å². The fraction of sp³-hybridized carbons (Fsp3) is 0.273. The number of aromatic nitrogens is 1. The summed E-state index contributed by atoms with van der Waals surface area (Å²) >= 11 is 1.68. The van der Waals surface area contributed by atoms with Gasteiger partial charge in [-0.05, 0) is 42.0 Å². The number of H-pyrrole nitrogens is 1. The van der Waals surface area contributed by atoms with E-state index in [1.54, 1.807) is 23.7 Å². The number of ether oxygens (including phenoxy) is 1. The van der Waals surface area contributed by atoms with Crippen LogP contribution in [0.2, 0.25) is 0 Å². The van der Waals surface area contributed by atoms with Crippen LogP contribution in [0.15, 0.2) is 59.6 Å². The molecule has 2 aromatic carbocycles. The van der Waals surface area contributed by atoms with E-state index in [1.165, 1.54) is 4.90 Å². The molecule has 3 aromatic rings. The maximum Gasteiger partial charge on any atom is 0.306 e. The Morgan fingerprint density at radius 2 is 1.86 bits per heavy atom. The van der Waals surface area contributed by atoms with Crippen molar-refractivity contribution in [3.63, 3.8) is 0 Å². The monoisotopic (exact) mass is 396 g/mol. The van der Waals surface area contributed by atoms with Crippen molar-refractivity contribution >= 4 is 34.5 Å². The minimum Gasteiger partial charge on any atom is -0.456 e. The Morgan fingerprint density at radius 3 is 2.61 bits per heavy atom. The van der Waals surface area contributed by atoms with Gasteiger partial charge in [0.15, 0.2) is 6.61 Å². The Labute approximate surface area is 169 Å². The summed E-state index contributed by atoms with van der Waals surface area (Å²) in [6, 6.07) is 16.0. The molecule has 0 saturated heterocycles. The number of hydrogen-bond acceptors (Lipinski definition) is 4. The zero-order valence-electron chi connectivity index (χ0n) is 16.1. The molecule has 0 aliphatic heterocycles. The number of carbonyl (C=O) groups is 2. The van der Waals surface area contributed by atoms with Gasteiger partial charge >= 0.3 is 5.97 Å². The number of esters is 1. The number of nitrogens with one attached hydrogen (secondary N) is 1. The maximum atomic E-state index is 12.2. The third-order valence-electron chi connectivity index (χ3n) is 4.63. The fourth-order valence-electron chi connectivity index (χ4n) is 2.99. The lowest BCUT2D eigenvalue weighted by Gasteiger charge is -2.17. The first kappa shape index (κ1) is 20.0. The predicted octanol–water partition coefficient (Wildman–Crippen LogP) is 4.02. The van der Waals surface area contributed by atoms with Crippen molar-refractivity contribution in [3.05, 3.63) is 65.9 Å². The van der Waals surface area contributed by atoms with Crippen LogP contribution in [0.1, 0.15) is 17.5 Å². The van der Waals surface area contributed by atoms with Gasteiger partial charge in [-0.15, -0.1) is 11.8 Å². The molecule has 0 atom stereocenters. The largest absolute Gasteiger partial charge is 0.456 e. The zero-order chi connectivity index (χ0) is 19.9. The number of nitrogens with zero attached hydrogens (tertiary/aromatic N) is 1. The minimum atomic E-state index is -0.364. The van der Waals surface area contributed by atoms with Crippen molar-refractivity contribution in [2.45, 2.75) is 24.3 Å². The number of benzene rings is 2. The van der Waals surface area contributed by atoms with Crippen molar-refractivity contribution in [2.24, 2.45) is 0 Å². The topological polar surface area (TPSA) is 62.4 Å². The molecular formula is C22H24N2O3S. The molecular weight excluding hydrogens is 372 g/mol. The molecule has 1 aromatic heterocycles. The summed E-state index contributed by atoms with van der Waals surface area (Å²) < 4.78 is 5.17. The molecule has 0 aliphatic rings. The van der Waals surface area contributed by atoms with Gasteiger partial charge in [-0.2, -0.15) is 0 Å². The van der Waals surface area contributed by atoms with Gasteiger partial charge in [0.25, 0.3) is 5.91 Å². The molecule has 1 heterocycles. The lowest BCUT2D eigenvalue weighted by Crippen LogP contribution is -2.30. The molecule has 0 unspecified atom stereocenters. The van der Waals surface area contributed by atoms with Gasteiger partial charge in [0, 0.05) is 42.0 Å². The number of amides is 1. The van der Waals surface area contributed by atoms with E-state index in [9.17, 15) is 9.59 Å². The number of para-hydroxylation sites is 1. The molecule has 6 heteroatoms. The average Bonchev–Trinajstić information content (AvgIpc) is 3.14. The van der Waals surface area contributed by atoms with E-state index < -0.39 is 0 Å². The number of aromatic amines is 1. The molecule has 0 bridgehead atoms. The number of aryl methyl sites for hydroxylation is 1. The molecule has 146 valence electrons. The quantitative estimate of drug-likeness (QED) is 0.461. The molecule has 0 aliphatic carbocycles. The molecule has 0 saturated carbocycles. The fourth-order valence-corrected chi connectivity index (χ4v) is 3.40. The van der Waals surface area contributed by atoms with Crippen molar-refractivity contribution in [1.82, 2.24) is 9.88 Å². The van der Waals surface area contributed by atoms with Crippen LogP contribution in [-0.2, 0) is 27.3 Å². The van der Waals surface area contributed by atoms with Gasteiger partial charge in [-0.3, -0.25) is 9.59 Å². The highest BCUT2D eigenvalue weighted by molar-refractivity contribution is 7.98. The number of fused-ring (bicyclic) bond motifs is 1. The Balaban J connectivity index is 1.43. The summed E-state index contributed by atoms with van der Waals surface area (Å²) in [4.78, 5) is 30.2. The predicted molar refractivity (Wildman–Crippen MR) is 112 cm³/mol. The van der Waals surface area contributed by atoms with Gasteiger partial charge in [0.1, 0.15) is 0 Å². The molecule has 0 spiro atoms. The van der Waals surface area contributed by atoms with Crippen molar-refractivity contribution in [1.29, 1.82) is 0 Å². The SMILES string of the molecule is CSc1ccc(CN(C)C(=O)COC(=O)CCc2c[nH]c3ccccc23)cc1. The third kappa shape index (κ3) is 5.16. The Morgan fingerprint density at radius 1 is 1.11 bits per heavy atom. The molecule has 3 rings (SSSR count). The van der Waals surface area contributed by atoms with Crippen LogP contribution in [0.3, 0.4) is 0 Å². The van der Waals surface area contributed by atoms with Crippen LogP contribution < -0.4 is 0 Å². The van der Waals surface area contributed by atoms with Crippen LogP contribution in [0.4, 0.5) is 0 Å². The summed E-state index contributed by atoms with van der Waals surface area (Å²) in [6.07, 6.45) is 4.76. The molecule has 0 radical (unpaired) electrons. The Kier molecular flexibility index (Phi) is 6.76. The van der Waals surface area contributed by atoms with Crippen LogP contribution in [0.5, 0.6) is 0 Å². The lowest BCUT2D eigenvalue weighted by atomic mass is 10.1. The minimum absolute atomic E-state index is 0.214. The summed E-state index contributed by atoms with van der Waals surface area (Å²) in [5.41, 5.74) is 3.16. The zero-order valence-corrected chi connectivity index (χ0v) is 16.9.